The molecule has 0 fully saturated rings. The Hall–Kier alpha value is -1.35. The van der Waals surface area contributed by atoms with Gasteiger partial charge in [-0.3, -0.25) is 0 Å². The van der Waals surface area contributed by atoms with Crippen molar-refractivity contribution in [3.63, 3.8) is 0 Å². The zero-order valence-electron chi connectivity index (χ0n) is 11.8. The van der Waals surface area contributed by atoms with Gasteiger partial charge in [-0.1, -0.05) is 6.92 Å². The van der Waals surface area contributed by atoms with Gasteiger partial charge in [-0.2, -0.15) is 13.2 Å². The van der Waals surface area contributed by atoms with Crippen LogP contribution >= 0.6 is 0 Å². The van der Waals surface area contributed by atoms with E-state index in [1.807, 2.05) is 6.92 Å². The van der Waals surface area contributed by atoms with Crippen LogP contribution in [0.4, 0.5) is 19.0 Å². The average Bonchev–Trinajstić information content (AvgIpc) is 2.42. The Morgan fingerprint density at radius 3 is 2.48 bits per heavy atom. The van der Waals surface area contributed by atoms with Gasteiger partial charge in [0, 0.05) is 26.3 Å². The largest absolute Gasteiger partial charge is 0.390 e. The second kappa shape index (κ2) is 7.08. The molecule has 0 bridgehead atoms. The maximum Gasteiger partial charge on any atom is 0.390 e. The molecular weight excluding hydrogens is 307 g/mol. The molecule has 1 N–H and O–H groups in total. The number of sulfonamides is 1. The molecule has 21 heavy (non-hydrogen) atoms. The fourth-order valence-corrected chi connectivity index (χ4v) is 2.59. The molecular formula is C12H18F3N3O2S. The summed E-state index contributed by atoms with van der Waals surface area (Å²) < 4.78 is 61.2. The van der Waals surface area contributed by atoms with Gasteiger partial charge in [0.05, 0.1) is 6.42 Å². The van der Waals surface area contributed by atoms with Crippen molar-refractivity contribution in [1.29, 1.82) is 0 Å². The maximum absolute atomic E-state index is 12.1. The van der Waals surface area contributed by atoms with Crippen molar-refractivity contribution in [2.75, 3.05) is 25.5 Å². The van der Waals surface area contributed by atoms with Gasteiger partial charge < -0.3 is 5.32 Å². The SMILES string of the molecule is CCCNc1ccc(S(=O)(=O)N(C)CCC(F)(F)F)cn1. The lowest BCUT2D eigenvalue weighted by Gasteiger charge is -2.18. The van der Waals surface area contributed by atoms with Gasteiger partial charge in [0.15, 0.2) is 0 Å². The highest BCUT2D eigenvalue weighted by Crippen LogP contribution is 2.22. The Morgan fingerprint density at radius 1 is 1.33 bits per heavy atom. The summed E-state index contributed by atoms with van der Waals surface area (Å²) in [5.74, 6) is 0.522. The minimum absolute atomic E-state index is 0.130. The topological polar surface area (TPSA) is 62.3 Å². The molecule has 1 aromatic heterocycles. The van der Waals surface area contributed by atoms with E-state index < -0.39 is 29.2 Å². The normalized spacial score (nSPS) is 12.7. The van der Waals surface area contributed by atoms with Gasteiger partial charge in [-0.25, -0.2) is 17.7 Å². The minimum Gasteiger partial charge on any atom is -0.370 e. The highest BCUT2D eigenvalue weighted by Gasteiger charge is 2.30. The summed E-state index contributed by atoms with van der Waals surface area (Å²) in [4.78, 5) is 3.80. The second-order valence-corrected chi connectivity index (χ2v) is 6.54. The van der Waals surface area contributed by atoms with Crippen molar-refractivity contribution in [3.8, 4) is 0 Å². The Morgan fingerprint density at radius 2 is 2.00 bits per heavy atom. The highest BCUT2D eigenvalue weighted by atomic mass is 32.2. The summed E-state index contributed by atoms with van der Waals surface area (Å²) >= 11 is 0. The molecule has 0 amide bonds. The van der Waals surface area contributed by atoms with Crippen LogP contribution in [0.25, 0.3) is 0 Å². The number of halogens is 3. The van der Waals surface area contributed by atoms with E-state index in [1.54, 1.807) is 0 Å². The molecule has 1 heterocycles. The molecule has 9 heteroatoms. The lowest BCUT2D eigenvalue weighted by molar-refractivity contribution is -0.135. The Bertz CT molecular complexity index is 544. The number of pyridine rings is 1. The maximum atomic E-state index is 12.1. The Kier molecular flexibility index (Phi) is 5.97. The van der Waals surface area contributed by atoms with Crippen LogP contribution in [-0.2, 0) is 10.0 Å². The van der Waals surface area contributed by atoms with Crippen LogP contribution in [-0.4, -0.2) is 44.0 Å². The van der Waals surface area contributed by atoms with Gasteiger partial charge in [-0.05, 0) is 18.6 Å². The monoisotopic (exact) mass is 325 g/mol. The number of anilines is 1. The van der Waals surface area contributed by atoms with E-state index in [0.29, 0.717) is 16.7 Å². The zero-order valence-corrected chi connectivity index (χ0v) is 12.6. The first kappa shape index (κ1) is 17.7. The average molecular weight is 325 g/mol. The van der Waals surface area contributed by atoms with Crippen LogP contribution in [0.2, 0.25) is 0 Å². The lowest BCUT2D eigenvalue weighted by atomic mass is 10.4. The standard InChI is InChI=1S/C12H18F3N3O2S/c1-3-7-16-11-5-4-10(9-17-11)21(19,20)18(2)8-6-12(13,14)15/h4-5,9H,3,6-8H2,1-2H3,(H,16,17). The van der Waals surface area contributed by atoms with Gasteiger partial charge in [0.25, 0.3) is 0 Å². The van der Waals surface area contributed by atoms with E-state index in [2.05, 4.69) is 10.3 Å². The molecule has 0 spiro atoms. The van der Waals surface area contributed by atoms with E-state index >= 15 is 0 Å². The molecule has 0 aromatic carbocycles. The van der Waals surface area contributed by atoms with Crippen LogP contribution in [0.1, 0.15) is 19.8 Å². The summed E-state index contributed by atoms with van der Waals surface area (Å²) in [6, 6.07) is 2.81. The van der Waals surface area contributed by atoms with E-state index in [4.69, 9.17) is 0 Å². The number of hydrogen-bond acceptors (Lipinski definition) is 4. The molecule has 0 atom stereocenters. The first-order chi connectivity index (χ1) is 9.66. The summed E-state index contributed by atoms with van der Waals surface area (Å²) in [6.07, 6.45) is -3.55. The summed E-state index contributed by atoms with van der Waals surface area (Å²) in [5.41, 5.74) is 0. The van der Waals surface area contributed by atoms with Crippen LogP contribution in [0.5, 0.6) is 0 Å². The molecule has 0 saturated heterocycles. The summed E-state index contributed by atoms with van der Waals surface area (Å²) in [6.45, 7) is 2.05. The predicted molar refractivity (Wildman–Crippen MR) is 73.5 cm³/mol. The van der Waals surface area contributed by atoms with Gasteiger partial charge in [0.2, 0.25) is 10.0 Å². The third-order valence-electron chi connectivity index (χ3n) is 2.71. The summed E-state index contributed by atoms with van der Waals surface area (Å²) in [7, 11) is -2.84. The van der Waals surface area contributed by atoms with E-state index in [0.717, 1.165) is 19.7 Å². The molecule has 0 radical (unpaired) electrons. The van der Waals surface area contributed by atoms with E-state index in [1.165, 1.54) is 12.1 Å². The number of alkyl halides is 3. The molecule has 0 aliphatic carbocycles. The van der Waals surface area contributed by atoms with Crippen LogP contribution in [0, 0.1) is 0 Å². The molecule has 0 aliphatic rings. The number of nitrogens with zero attached hydrogens (tertiary/aromatic N) is 2. The molecule has 0 aliphatic heterocycles. The predicted octanol–water partition coefficient (Wildman–Crippen LogP) is 2.48. The highest BCUT2D eigenvalue weighted by molar-refractivity contribution is 7.89. The molecule has 0 unspecified atom stereocenters. The van der Waals surface area contributed by atoms with Crippen molar-refractivity contribution in [3.05, 3.63) is 18.3 Å². The van der Waals surface area contributed by atoms with Crippen LogP contribution in [0.3, 0.4) is 0 Å². The Labute approximate surface area is 122 Å². The molecule has 120 valence electrons. The quantitative estimate of drug-likeness (QED) is 0.836. The molecule has 1 aromatic rings. The zero-order chi connectivity index (χ0) is 16.1. The van der Waals surface area contributed by atoms with Gasteiger partial charge >= 0.3 is 6.18 Å². The first-order valence-electron chi connectivity index (χ1n) is 6.40. The lowest BCUT2D eigenvalue weighted by Crippen LogP contribution is -2.30. The van der Waals surface area contributed by atoms with Crippen molar-refractivity contribution in [2.45, 2.75) is 30.8 Å². The Balaban J connectivity index is 2.77. The van der Waals surface area contributed by atoms with Crippen molar-refractivity contribution < 1.29 is 21.6 Å². The van der Waals surface area contributed by atoms with Crippen molar-refractivity contribution >= 4 is 15.8 Å². The third-order valence-corrected chi connectivity index (χ3v) is 4.55. The third kappa shape index (κ3) is 5.50. The smallest absolute Gasteiger partial charge is 0.370 e. The molecule has 5 nitrogen and oxygen atoms in total. The number of rotatable bonds is 7. The van der Waals surface area contributed by atoms with Gasteiger partial charge in [0.1, 0.15) is 10.7 Å². The van der Waals surface area contributed by atoms with Crippen molar-refractivity contribution in [2.24, 2.45) is 0 Å². The fourth-order valence-electron chi connectivity index (χ4n) is 1.47. The summed E-state index contributed by atoms with van der Waals surface area (Å²) in [5, 5.41) is 2.98. The minimum atomic E-state index is -4.39. The number of hydrogen-bond donors (Lipinski definition) is 1. The van der Waals surface area contributed by atoms with Crippen LogP contribution in [0.15, 0.2) is 23.2 Å². The van der Waals surface area contributed by atoms with E-state index in [-0.39, 0.29) is 4.90 Å². The number of aromatic nitrogens is 1. The van der Waals surface area contributed by atoms with Crippen LogP contribution < -0.4 is 5.32 Å². The first-order valence-corrected chi connectivity index (χ1v) is 7.84. The van der Waals surface area contributed by atoms with Crippen molar-refractivity contribution in [1.82, 2.24) is 9.29 Å². The van der Waals surface area contributed by atoms with Gasteiger partial charge in [-0.15, -0.1) is 0 Å². The van der Waals surface area contributed by atoms with E-state index in [9.17, 15) is 21.6 Å². The second-order valence-electron chi connectivity index (χ2n) is 4.50. The fraction of sp³-hybridized carbons (Fsp3) is 0.583. The number of nitrogens with one attached hydrogen (secondary N) is 1. The molecule has 1 rings (SSSR count). The molecule has 0 saturated carbocycles.